The zero-order valence-corrected chi connectivity index (χ0v) is 20.7. The standard InChI is InChI=1S/C25H24ClN5S2/c1-16-5-10-21-20(14-16)23(15-17(2)30-21)27-12-13-29-25(32)31-22-4-3-11-28-24(22)33-19-8-6-18(26)7-9-19/h3-11,14-15H,12-13H2,1-2H3,(H,27,30)(H2,29,31,32). The van der Waals surface area contributed by atoms with Gasteiger partial charge in [0, 0.05) is 46.0 Å². The summed E-state index contributed by atoms with van der Waals surface area (Å²) in [5, 5.41) is 13.3. The van der Waals surface area contributed by atoms with Gasteiger partial charge in [-0.3, -0.25) is 4.98 Å². The quantitative estimate of drug-likeness (QED) is 0.202. The molecule has 0 fully saturated rings. The summed E-state index contributed by atoms with van der Waals surface area (Å²) in [4.78, 5) is 10.2. The molecule has 0 aliphatic rings. The Morgan fingerprint density at radius 3 is 2.64 bits per heavy atom. The first-order valence-corrected chi connectivity index (χ1v) is 12.1. The lowest BCUT2D eigenvalue weighted by Gasteiger charge is -2.15. The van der Waals surface area contributed by atoms with Crippen LogP contribution in [-0.2, 0) is 0 Å². The van der Waals surface area contributed by atoms with Gasteiger partial charge in [-0.05, 0) is 80.7 Å². The van der Waals surface area contributed by atoms with Gasteiger partial charge in [0.1, 0.15) is 5.03 Å². The summed E-state index contributed by atoms with van der Waals surface area (Å²) >= 11 is 13.1. The summed E-state index contributed by atoms with van der Waals surface area (Å²) in [6.07, 6.45) is 1.77. The highest BCUT2D eigenvalue weighted by Gasteiger charge is 2.08. The highest BCUT2D eigenvalue weighted by molar-refractivity contribution is 7.99. The molecule has 0 bridgehead atoms. The number of nitrogens with one attached hydrogen (secondary N) is 3. The topological polar surface area (TPSA) is 61.9 Å². The zero-order valence-electron chi connectivity index (χ0n) is 18.4. The van der Waals surface area contributed by atoms with Gasteiger partial charge in [0.2, 0.25) is 0 Å². The molecular formula is C25H24ClN5S2. The van der Waals surface area contributed by atoms with Crippen LogP contribution in [0, 0.1) is 13.8 Å². The number of anilines is 2. The summed E-state index contributed by atoms with van der Waals surface area (Å²) in [6, 6.07) is 19.9. The number of thiocarbonyl (C=S) groups is 1. The third-order valence-electron chi connectivity index (χ3n) is 4.87. The molecule has 0 atom stereocenters. The van der Waals surface area contributed by atoms with E-state index in [9.17, 15) is 0 Å². The smallest absolute Gasteiger partial charge is 0.170 e. The number of nitrogens with zero attached hydrogens (tertiary/aromatic N) is 2. The lowest BCUT2D eigenvalue weighted by molar-refractivity contribution is 0.915. The van der Waals surface area contributed by atoms with Crippen LogP contribution in [0.4, 0.5) is 11.4 Å². The summed E-state index contributed by atoms with van der Waals surface area (Å²) in [5.74, 6) is 0. The van der Waals surface area contributed by atoms with Gasteiger partial charge in [0.25, 0.3) is 0 Å². The molecule has 0 spiro atoms. The fourth-order valence-corrected chi connectivity index (χ4v) is 4.52. The van der Waals surface area contributed by atoms with Crippen molar-refractivity contribution in [2.45, 2.75) is 23.8 Å². The molecule has 33 heavy (non-hydrogen) atoms. The van der Waals surface area contributed by atoms with E-state index in [1.807, 2.05) is 43.3 Å². The Morgan fingerprint density at radius 2 is 1.82 bits per heavy atom. The van der Waals surface area contributed by atoms with Crippen LogP contribution >= 0.6 is 35.6 Å². The first-order chi connectivity index (χ1) is 16.0. The number of pyridine rings is 2. The van der Waals surface area contributed by atoms with Crippen molar-refractivity contribution in [2.24, 2.45) is 0 Å². The van der Waals surface area contributed by atoms with Crippen molar-refractivity contribution in [1.29, 1.82) is 0 Å². The fraction of sp³-hybridized carbons (Fsp3) is 0.160. The van der Waals surface area contributed by atoms with Crippen molar-refractivity contribution < 1.29 is 0 Å². The summed E-state index contributed by atoms with van der Waals surface area (Å²) in [6.45, 7) is 5.48. The third-order valence-corrected chi connectivity index (χ3v) is 6.39. The van der Waals surface area contributed by atoms with E-state index in [1.165, 1.54) is 5.56 Å². The van der Waals surface area contributed by atoms with Crippen molar-refractivity contribution in [3.63, 3.8) is 0 Å². The van der Waals surface area contributed by atoms with Crippen LogP contribution in [0.5, 0.6) is 0 Å². The molecule has 0 unspecified atom stereocenters. The normalized spacial score (nSPS) is 10.8. The molecule has 0 aliphatic carbocycles. The molecule has 4 aromatic rings. The minimum atomic E-state index is 0.550. The molecule has 0 aliphatic heterocycles. The number of aryl methyl sites for hydroxylation is 2. The van der Waals surface area contributed by atoms with E-state index in [2.05, 4.69) is 57.1 Å². The Morgan fingerprint density at radius 1 is 1.00 bits per heavy atom. The van der Waals surface area contributed by atoms with E-state index < -0.39 is 0 Å². The molecule has 0 saturated heterocycles. The molecule has 2 aromatic heterocycles. The third kappa shape index (κ3) is 6.35. The van der Waals surface area contributed by atoms with E-state index in [-0.39, 0.29) is 0 Å². The number of halogens is 1. The summed E-state index contributed by atoms with van der Waals surface area (Å²) < 4.78 is 0. The predicted molar refractivity (Wildman–Crippen MR) is 144 cm³/mol. The maximum Gasteiger partial charge on any atom is 0.170 e. The van der Waals surface area contributed by atoms with Gasteiger partial charge in [-0.15, -0.1) is 0 Å². The largest absolute Gasteiger partial charge is 0.383 e. The summed E-state index contributed by atoms with van der Waals surface area (Å²) in [7, 11) is 0. The minimum absolute atomic E-state index is 0.550. The summed E-state index contributed by atoms with van der Waals surface area (Å²) in [5.41, 5.74) is 5.13. The van der Waals surface area contributed by atoms with Crippen molar-refractivity contribution in [3.05, 3.63) is 83.1 Å². The first kappa shape index (κ1) is 23.3. The van der Waals surface area contributed by atoms with E-state index in [1.54, 1.807) is 18.0 Å². The molecule has 168 valence electrons. The van der Waals surface area contributed by atoms with E-state index in [0.29, 0.717) is 23.2 Å². The fourth-order valence-electron chi connectivity index (χ4n) is 3.34. The van der Waals surface area contributed by atoms with Gasteiger partial charge in [-0.2, -0.15) is 0 Å². The molecule has 2 heterocycles. The molecular weight excluding hydrogens is 470 g/mol. The average molecular weight is 494 g/mol. The van der Waals surface area contributed by atoms with Crippen LogP contribution in [0.1, 0.15) is 11.3 Å². The van der Waals surface area contributed by atoms with Crippen LogP contribution in [0.3, 0.4) is 0 Å². The number of fused-ring (bicyclic) bond motifs is 1. The highest BCUT2D eigenvalue weighted by atomic mass is 35.5. The first-order valence-electron chi connectivity index (χ1n) is 10.5. The van der Waals surface area contributed by atoms with Crippen molar-refractivity contribution in [2.75, 3.05) is 23.7 Å². The van der Waals surface area contributed by atoms with Crippen molar-refractivity contribution in [1.82, 2.24) is 15.3 Å². The van der Waals surface area contributed by atoms with E-state index in [4.69, 9.17) is 23.8 Å². The second-order valence-corrected chi connectivity index (χ2v) is 9.46. The van der Waals surface area contributed by atoms with Gasteiger partial charge < -0.3 is 16.0 Å². The Kier molecular flexibility index (Phi) is 7.65. The number of benzene rings is 2. The average Bonchev–Trinajstić information content (AvgIpc) is 2.80. The Labute approximate surface area is 208 Å². The molecule has 0 amide bonds. The van der Waals surface area contributed by atoms with Crippen molar-refractivity contribution >= 4 is 63.0 Å². The van der Waals surface area contributed by atoms with Crippen LogP contribution in [0.25, 0.3) is 10.9 Å². The molecule has 4 rings (SSSR count). The van der Waals surface area contributed by atoms with Crippen LogP contribution in [0.15, 0.2) is 76.8 Å². The Balaban J connectivity index is 1.33. The minimum Gasteiger partial charge on any atom is -0.383 e. The van der Waals surface area contributed by atoms with Gasteiger partial charge >= 0.3 is 0 Å². The van der Waals surface area contributed by atoms with E-state index >= 15 is 0 Å². The lowest BCUT2D eigenvalue weighted by Crippen LogP contribution is -2.32. The SMILES string of the molecule is Cc1ccc2nc(C)cc(NCCNC(=S)Nc3cccnc3Sc3ccc(Cl)cc3)c2c1. The molecule has 2 aromatic carbocycles. The lowest BCUT2D eigenvalue weighted by atomic mass is 10.1. The van der Waals surface area contributed by atoms with E-state index in [0.717, 1.165) is 37.9 Å². The highest BCUT2D eigenvalue weighted by Crippen LogP contribution is 2.32. The molecule has 0 radical (unpaired) electrons. The predicted octanol–water partition coefficient (Wildman–Crippen LogP) is 6.45. The molecule has 3 N–H and O–H groups in total. The van der Waals surface area contributed by atoms with Gasteiger partial charge in [-0.25, -0.2) is 4.98 Å². The maximum absolute atomic E-state index is 5.99. The van der Waals surface area contributed by atoms with Crippen LogP contribution < -0.4 is 16.0 Å². The maximum atomic E-state index is 5.99. The van der Waals surface area contributed by atoms with Crippen molar-refractivity contribution in [3.8, 4) is 0 Å². The number of rotatable bonds is 7. The molecule has 0 saturated carbocycles. The van der Waals surface area contributed by atoms with Crippen LogP contribution in [0.2, 0.25) is 5.02 Å². The van der Waals surface area contributed by atoms with Gasteiger partial charge in [0.05, 0.1) is 11.2 Å². The zero-order chi connectivity index (χ0) is 23.2. The second-order valence-electron chi connectivity index (χ2n) is 7.55. The Bertz CT molecular complexity index is 1280. The number of aromatic nitrogens is 2. The van der Waals surface area contributed by atoms with Crippen LogP contribution in [-0.4, -0.2) is 28.2 Å². The molecule has 8 heteroatoms. The number of hydrogen-bond donors (Lipinski definition) is 3. The monoisotopic (exact) mass is 493 g/mol. The Hall–Kier alpha value is -2.87. The van der Waals surface area contributed by atoms with Gasteiger partial charge in [0.15, 0.2) is 5.11 Å². The molecule has 5 nitrogen and oxygen atoms in total. The second kappa shape index (κ2) is 10.8. The number of hydrogen-bond acceptors (Lipinski definition) is 5. The van der Waals surface area contributed by atoms with Gasteiger partial charge in [-0.1, -0.05) is 35.0 Å².